The minimum Gasteiger partial charge on any atom is -0.421 e. The zero-order chi connectivity index (χ0) is 14.4. The van der Waals surface area contributed by atoms with Gasteiger partial charge in [-0.25, -0.2) is 4.79 Å². The number of nitrogens with zero attached hydrogens (tertiary/aromatic N) is 3. The Hall–Kier alpha value is -2.82. The number of rotatable bonds is 4. The Labute approximate surface area is 116 Å². The van der Waals surface area contributed by atoms with Crippen LogP contribution < -0.4 is 4.74 Å². The number of ether oxygens (including phenoxy) is 1. The van der Waals surface area contributed by atoms with E-state index in [1.54, 1.807) is 55.7 Å². The second-order valence-corrected chi connectivity index (χ2v) is 4.04. The number of hydrogen-bond donors (Lipinski definition) is 0. The van der Waals surface area contributed by atoms with Gasteiger partial charge in [0.05, 0.1) is 5.69 Å². The van der Waals surface area contributed by atoms with Crippen LogP contribution in [-0.2, 0) is 4.79 Å². The third kappa shape index (κ3) is 3.58. The van der Waals surface area contributed by atoms with Crippen molar-refractivity contribution < 1.29 is 9.53 Å². The second kappa shape index (κ2) is 6.38. The summed E-state index contributed by atoms with van der Waals surface area (Å²) in [6.45, 7) is 5.13. The van der Waals surface area contributed by atoms with E-state index < -0.39 is 5.97 Å². The zero-order valence-corrected chi connectivity index (χ0v) is 11.0. The summed E-state index contributed by atoms with van der Waals surface area (Å²) in [5.74, 6) is -0.144. The summed E-state index contributed by atoms with van der Waals surface area (Å²) in [5.41, 5.74) is 1.46. The number of carbonyl (C=O) groups excluding carboxylic acids is 1. The Kier molecular flexibility index (Phi) is 4.34. The van der Waals surface area contributed by atoms with Crippen LogP contribution in [0, 0.1) is 0 Å². The molecule has 0 unspecified atom stereocenters. The van der Waals surface area contributed by atoms with E-state index in [2.05, 4.69) is 21.8 Å². The maximum Gasteiger partial charge on any atom is 0.338 e. The maximum atomic E-state index is 11.5. The topological polar surface area (TPSA) is 63.9 Å². The van der Waals surface area contributed by atoms with E-state index in [-0.39, 0.29) is 0 Å². The Bertz CT molecular complexity index is 651. The lowest BCUT2D eigenvalue weighted by molar-refractivity contribution is -0.130. The molecule has 1 aromatic carbocycles. The zero-order valence-electron chi connectivity index (χ0n) is 11.0. The molecule has 0 spiro atoms. The number of pyridine rings is 1. The molecule has 0 bridgehead atoms. The van der Waals surface area contributed by atoms with Gasteiger partial charge in [-0.05, 0) is 31.2 Å². The smallest absolute Gasteiger partial charge is 0.338 e. The minimum atomic E-state index is -0.489. The van der Waals surface area contributed by atoms with Crippen LogP contribution in [-0.4, -0.2) is 11.0 Å². The summed E-state index contributed by atoms with van der Waals surface area (Å²) in [7, 11) is 0. The van der Waals surface area contributed by atoms with Crippen molar-refractivity contribution >= 4 is 17.3 Å². The van der Waals surface area contributed by atoms with Crippen LogP contribution >= 0.6 is 0 Å². The molecule has 2 aromatic rings. The molecular weight excluding hydrogens is 254 g/mol. The molecule has 0 saturated carbocycles. The van der Waals surface area contributed by atoms with Gasteiger partial charge in [0.25, 0.3) is 0 Å². The van der Waals surface area contributed by atoms with Gasteiger partial charge in [0.15, 0.2) is 5.75 Å². The van der Waals surface area contributed by atoms with Gasteiger partial charge in [-0.1, -0.05) is 18.7 Å². The third-order valence-electron chi connectivity index (χ3n) is 2.35. The maximum absolute atomic E-state index is 11.5. The molecule has 5 heteroatoms. The lowest BCUT2D eigenvalue weighted by Crippen LogP contribution is -2.08. The molecule has 20 heavy (non-hydrogen) atoms. The molecule has 0 aliphatic rings. The molecule has 1 heterocycles. The van der Waals surface area contributed by atoms with E-state index in [0.717, 1.165) is 0 Å². The van der Waals surface area contributed by atoms with Crippen LogP contribution in [0.3, 0.4) is 0 Å². The van der Waals surface area contributed by atoms with Gasteiger partial charge in [0, 0.05) is 18.0 Å². The van der Waals surface area contributed by atoms with Crippen LogP contribution in [0.2, 0.25) is 0 Å². The molecule has 0 amide bonds. The Balaban J connectivity index is 2.22. The normalized spacial score (nSPS) is 10.4. The third-order valence-corrected chi connectivity index (χ3v) is 2.35. The highest BCUT2D eigenvalue weighted by molar-refractivity contribution is 5.89. The summed E-state index contributed by atoms with van der Waals surface area (Å²) in [6.07, 6.45) is 3.25. The molecule has 0 aliphatic heterocycles. The summed E-state index contributed by atoms with van der Waals surface area (Å²) >= 11 is 0. The average molecular weight is 267 g/mol. The summed E-state index contributed by atoms with van der Waals surface area (Å²) < 4.78 is 5.19. The first-order chi connectivity index (χ1) is 9.66. The van der Waals surface area contributed by atoms with Crippen molar-refractivity contribution in [3.05, 3.63) is 60.9 Å². The van der Waals surface area contributed by atoms with E-state index in [0.29, 0.717) is 22.7 Å². The molecule has 2 rings (SSSR count). The Morgan fingerprint density at radius 2 is 1.85 bits per heavy atom. The van der Waals surface area contributed by atoms with E-state index in [9.17, 15) is 4.79 Å². The fourth-order valence-electron chi connectivity index (χ4n) is 1.34. The van der Waals surface area contributed by atoms with Gasteiger partial charge in [0.2, 0.25) is 0 Å². The molecule has 100 valence electrons. The van der Waals surface area contributed by atoms with Gasteiger partial charge in [-0.2, -0.15) is 5.11 Å². The van der Waals surface area contributed by atoms with Crippen molar-refractivity contribution in [2.45, 2.75) is 6.92 Å². The molecule has 1 aromatic heterocycles. The number of benzene rings is 1. The molecule has 5 nitrogen and oxygen atoms in total. The number of para-hydroxylation sites is 1. The van der Waals surface area contributed by atoms with E-state index in [1.165, 1.54) is 0 Å². The van der Waals surface area contributed by atoms with Crippen LogP contribution in [0.4, 0.5) is 11.4 Å². The predicted molar refractivity (Wildman–Crippen MR) is 75.3 cm³/mol. The lowest BCUT2D eigenvalue weighted by Gasteiger charge is -2.05. The fourth-order valence-corrected chi connectivity index (χ4v) is 1.34. The molecule has 0 N–H and O–H groups in total. The van der Waals surface area contributed by atoms with Crippen LogP contribution in [0.5, 0.6) is 5.75 Å². The average Bonchev–Trinajstić information content (AvgIpc) is 2.47. The number of aromatic nitrogens is 1. The number of hydrogen-bond acceptors (Lipinski definition) is 5. The van der Waals surface area contributed by atoms with Crippen molar-refractivity contribution in [1.82, 2.24) is 4.98 Å². The molecule has 0 saturated heterocycles. The number of azo groups is 1. The minimum absolute atomic E-state index is 0.325. The predicted octanol–water partition coefficient (Wildman–Crippen LogP) is 3.98. The second-order valence-electron chi connectivity index (χ2n) is 4.04. The Morgan fingerprint density at radius 1 is 1.15 bits per heavy atom. The van der Waals surface area contributed by atoms with E-state index >= 15 is 0 Å². The van der Waals surface area contributed by atoms with Gasteiger partial charge < -0.3 is 4.74 Å². The van der Waals surface area contributed by atoms with Crippen LogP contribution in [0.25, 0.3) is 0 Å². The molecule has 0 atom stereocenters. The first kappa shape index (κ1) is 13.6. The Morgan fingerprint density at radius 3 is 2.55 bits per heavy atom. The fraction of sp³-hybridized carbons (Fsp3) is 0.0667. The number of esters is 1. The first-order valence-electron chi connectivity index (χ1n) is 5.95. The SMILES string of the molecule is C=C(C)C(=O)Oc1ccccc1N=Nc1ccncc1. The summed E-state index contributed by atoms with van der Waals surface area (Å²) in [4.78, 5) is 15.4. The van der Waals surface area contributed by atoms with Gasteiger partial charge >= 0.3 is 5.97 Å². The summed E-state index contributed by atoms with van der Waals surface area (Å²) in [6, 6.07) is 10.4. The standard InChI is InChI=1S/C15H13N3O2/c1-11(2)15(19)20-14-6-4-3-5-13(14)18-17-12-7-9-16-10-8-12/h3-10H,1H2,2H3. The van der Waals surface area contributed by atoms with Crippen molar-refractivity contribution in [2.24, 2.45) is 10.2 Å². The first-order valence-corrected chi connectivity index (χ1v) is 5.95. The lowest BCUT2D eigenvalue weighted by atomic mass is 10.3. The van der Waals surface area contributed by atoms with Crippen molar-refractivity contribution in [2.75, 3.05) is 0 Å². The molecular formula is C15H13N3O2. The molecule has 0 fully saturated rings. The molecule has 0 radical (unpaired) electrons. The van der Waals surface area contributed by atoms with Crippen molar-refractivity contribution in [3.63, 3.8) is 0 Å². The quantitative estimate of drug-likeness (QED) is 0.364. The van der Waals surface area contributed by atoms with Crippen molar-refractivity contribution in [1.29, 1.82) is 0 Å². The van der Waals surface area contributed by atoms with Gasteiger partial charge in [0.1, 0.15) is 5.69 Å². The van der Waals surface area contributed by atoms with Crippen LogP contribution in [0.1, 0.15) is 6.92 Å². The monoisotopic (exact) mass is 267 g/mol. The van der Waals surface area contributed by atoms with Gasteiger partial charge in [-0.3, -0.25) is 4.98 Å². The van der Waals surface area contributed by atoms with Gasteiger partial charge in [-0.15, -0.1) is 5.11 Å². The summed E-state index contributed by atoms with van der Waals surface area (Å²) in [5, 5.41) is 8.14. The largest absolute Gasteiger partial charge is 0.421 e. The highest BCUT2D eigenvalue weighted by atomic mass is 16.5. The van der Waals surface area contributed by atoms with Crippen LogP contribution in [0.15, 0.2) is 71.2 Å². The highest BCUT2D eigenvalue weighted by Gasteiger charge is 2.09. The molecule has 0 aliphatic carbocycles. The van der Waals surface area contributed by atoms with E-state index in [1.807, 2.05) is 0 Å². The number of carbonyl (C=O) groups is 1. The van der Waals surface area contributed by atoms with Crippen molar-refractivity contribution in [3.8, 4) is 5.75 Å². The van der Waals surface area contributed by atoms with E-state index in [4.69, 9.17) is 4.74 Å². The highest BCUT2D eigenvalue weighted by Crippen LogP contribution is 2.29.